The molecule has 0 spiro atoms. The molecular weight excluding hydrogens is 222 g/mol. The van der Waals surface area contributed by atoms with Crippen molar-refractivity contribution < 1.29 is 9.28 Å². The van der Waals surface area contributed by atoms with Crippen molar-refractivity contribution >= 4 is 6.29 Å². The topological polar surface area (TPSA) is 17.1 Å². The number of hydrogen-bond acceptors (Lipinski definition) is 1. The first-order valence-corrected chi connectivity index (χ1v) is 7.16. The van der Waals surface area contributed by atoms with Gasteiger partial charge in [-0.25, -0.2) is 0 Å². The SMILES string of the molecule is CCC(C=O)[N+]1(Cc2ccccc2)CCCCC1. The first-order chi connectivity index (χ1) is 8.80. The van der Waals surface area contributed by atoms with Crippen LogP contribution in [0.25, 0.3) is 0 Å². The van der Waals surface area contributed by atoms with Crippen LogP contribution < -0.4 is 0 Å². The van der Waals surface area contributed by atoms with E-state index in [9.17, 15) is 4.79 Å². The average molecular weight is 246 g/mol. The van der Waals surface area contributed by atoms with Gasteiger partial charge in [-0.15, -0.1) is 0 Å². The Morgan fingerprint density at radius 1 is 1.17 bits per heavy atom. The van der Waals surface area contributed by atoms with Crippen LogP contribution in [0.5, 0.6) is 0 Å². The Morgan fingerprint density at radius 2 is 1.83 bits per heavy atom. The number of piperidine rings is 1. The van der Waals surface area contributed by atoms with E-state index in [0.29, 0.717) is 0 Å². The van der Waals surface area contributed by atoms with Crippen LogP contribution >= 0.6 is 0 Å². The summed E-state index contributed by atoms with van der Waals surface area (Å²) >= 11 is 0. The van der Waals surface area contributed by atoms with E-state index in [1.165, 1.54) is 31.1 Å². The third-order valence-electron chi connectivity index (χ3n) is 4.33. The maximum absolute atomic E-state index is 11.4. The molecule has 1 aromatic rings. The number of likely N-dealkylation sites (tertiary alicyclic amines) is 1. The van der Waals surface area contributed by atoms with E-state index in [2.05, 4.69) is 37.3 Å². The van der Waals surface area contributed by atoms with Gasteiger partial charge in [0.2, 0.25) is 0 Å². The van der Waals surface area contributed by atoms with Crippen molar-refractivity contribution in [1.29, 1.82) is 0 Å². The minimum atomic E-state index is 0.172. The number of nitrogens with zero attached hydrogens (tertiary/aromatic N) is 1. The fraction of sp³-hybridized carbons (Fsp3) is 0.562. The Morgan fingerprint density at radius 3 is 2.39 bits per heavy atom. The Kier molecular flexibility index (Phi) is 4.54. The zero-order valence-electron chi connectivity index (χ0n) is 11.3. The first kappa shape index (κ1) is 13.3. The smallest absolute Gasteiger partial charge is 0.177 e. The second-order valence-corrected chi connectivity index (χ2v) is 5.48. The molecule has 0 bridgehead atoms. The zero-order chi connectivity index (χ0) is 12.8. The molecule has 1 aliphatic heterocycles. The van der Waals surface area contributed by atoms with Gasteiger partial charge >= 0.3 is 0 Å². The molecule has 0 N–H and O–H groups in total. The van der Waals surface area contributed by atoms with Crippen molar-refractivity contribution in [1.82, 2.24) is 0 Å². The monoisotopic (exact) mass is 246 g/mol. The molecule has 1 aromatic carbocycles. The largest absolute Gasteiger partial charge is 0.311 e. The maximum atomic E-state index is 11.4. The van der Waals surface area contributed by atoms with Gasteiger partial charge in [-0.1, -0.05) is 37.3 Å². The molecule has 98 valence electrons. The Hall–Kier alpha value is -1.15. The molecule has 18 heavy (non-hydrogen) atoms. The molecule has 2 rings (SSSR count). The van der Waals surface area contributed by atoms with Crippen LogP contribution in [0.3, 0.4) is 0 Å². The molecule has 0 aromatic heterocycles. The Labute approximate surface area is 110 Å². The standard InChI is InChI=1S/C16H24NO/c1-2-16(14-18)17(11-7-4-8-12-17)13-15-9-5-3-6-10-15/h3,5-6,9-10,14,16H,2,4,7-8,11-13H2,1H3/q+1. The molecule has 2 heteroatoms. The lowest BCUT2D eigenvalue weighted by molar-refractivity contribution is -0.958. The summed E-state index contributed by atoms with van der Waals surface area (Å²) in [4.78, 5) is 11.4. The molecular formula is C16H24NO+. The van der Waals surface area contributed by atoms with Gasteiger partial charge in [0.1, 0.15) is 12.6 Å². The highest BCUT2D eigenvalue weighted by Gasteiger charge is 2.37. The molecule has 1 aliphatic rings. The van der Waals surface area contributed by atoms with Crippen molar-refractivity contribution in [2.24, 2.45) is 0 Å². The molecule has 0 amide bonds. The number of hydrogen-bond donors (Lipinski definition) is 0. The highest BCUT2D eigenvalue weighted by molar-refractivity contribution is 5.55. The van der Waals surface area contributed by atoms with Crippen molar-refractivity contribution in [3.8, 4) is 0 Å². The Bertz CT molecular complexity index is 368. The fourth-order valence-electron chi connectivity index (χ4n) is 3.31. The van der Waals surface area contributed by atoms with Gasteiger partial charge < -0.3 is 4.48 Å². The van der Waals surface area contributed by atoms with Crippen molar-refractivity contribution in [3.05, 3.63) is 35.9 Å². The maximum Gasteiger partial charge on any atom is 0.177 e. The lowest BCUT2D eigenvalue weighted by Crippen LogP contribution is -2.57. The third kappa shape index (κ3) is 2.81. The van der Waals surface area contributed by atoms with Gasteiger partial charge in [-0.2, -0.15) is 0 Å². The molecule has 0 radical (unpaired) electrons. The summed E-state index contributed by atoms with van der Waals surface area (Å²) < 4.78 is 0.976. The molecule has 2 nitrogen and oxygen atoms in total. The normalized spacial score (nSPS) is 20.3. The molecule has 1 atom stereocenters. The predicted octanol–water partition coefficient (Wildman–Crippen LogP) is 3.16. The van der Waals surface area contributed by atoms with Crippen LogP contribution in [0.4, 0.5) is 0 Å². The molecule has 1 saturated heterocycles. The Balaban J connectivity index is 2.21. The number of rotatable bonds is 5. The van der Waals surface area contributed by atoms with Gasteiger partial charge in [0.15, 0.2) is 6.29 Å². The summed E-state index contributed by atoms with van der Waals surface area (Å²) in [6.07, 6.45) is 5.99. The van der Waals surface area contributed by atoms with E-state index >= 15 is 0 Å². The van der Waals surface area contributed by atoms with Gasteiger partial charge in [-0.05, 0) is 19.3 Å². The molecule has 0 aliphatic carbocycles. The van der Waals surface area contributed by atoms with Crippen LogP contribution in [0.15, 0.2) is 30.3 Å². The number of aldehydes is 1. The summed E-state index contributed by atoms with van der Waals surface area (Å²) in [5, 5.41) is 0. The third-order valence-corrected chi connectivity index (χ3v) is 4.33. The van der Waals surface area contributed by atoms with E-state index < -0.39 is 0 Å². The average Bonchev–Trinajstić information content (AvgIpc) is 2.42. The summed E-state index contributed by atoms with van der Waals surface area (Å²) in [5.41, 5.74) is 1.36. The van der Waals surface area contributed by atoms with Crippen LogP contribution in [-0.2, 0) is 11.3 Å². The van der Waals surface area contributed by atoms with E-state index in [4.69, 9.17) is 0 Å². The van der Waals surface area contributed by atoms with Crippen molar-refractivity contribution in [3.63, 3.8) is 0 Å². The quantitative estimate of drug-likeness (QED) is 0.576. The molecule has 0 saturated carbocycles. The second-order valence-electron chi connectivity index (χ2n) is 5.48. The van der Waals surface area contributed by atoms with Crippen LogP contribution in [0.2, 0.25) is 0 Å². The number of carbonyl (C=O) groups is 1. The lowest BCUT2D eigenvalue weighted by Gasteiger charge is -2.45. The molecule has 1 heterocycles. The van der Waals surface area contributed by atoms with E-state index in [-0.39, 0.29) is 6.04 Å². The summed E-state index contributed by atoms with van der Waals surface area (Å²) in [7, 11) is 0. The molecule has 1 fully saturated rings. The minimum Gasteiger partial charge on any atom is -0.311 e. The van der Waals surface area contributed by atoms with Gasteiger partial charge in [0.05, 0.1) is 13.1 Å². The summed E-state index contributed by atoms with van der Waals surface area (Å²) in [5.74, 6) is 0. The molecule has 1 unspecified atom stereocenters. The van der Waals surface area contributed by atoms with Crippen molar-refractivity contribution in [2.45, 2.75) is 45.2 Å². The summed E-state index contributed by atoms with van der Waals surface area (Å²) in [6.45, 7) is 5.47. The van der Waals surface area contributed by atoms with E-state index in [1.807, 2.05) is 0 Å². The summed E-state index contributed by atoms with van der Waals surface area (Å²) in [6, 6.07) is 10.8. The predicted molar refractivity (Wildman–Crippen MR) is 74.1 cm³/mol. The highest BCUT2D eigenvalue weighted by Crippen LogP contribution is 2.27. The van der Waals surface area contributed by atoms with Crippen molar-refractivity contribution in [2.75, 3.05) is 13.1 Å². The number of carbonyl (C=O) groups excluding carboxylic acids is 1. The number of quaternary nitrogens is 1. The second kappa shape index (κ2) is 6.14. The van der Waals surface area contributed by atoms with Crippen LogP contribution in [0, 0.1) is 0 Å². The van der Waals surface area contributed by atoms with Gasteiger partial charge in [0.25, 0.3) is 0 Å². The zero-order valence-corrected chi connectivity index (χ0v) is 11.3. The van der Waals surface area contributed by atoms with Gasteiger partial charge in [-0.3, -0.25) is 4.79 Å². The highest BCUT2D eigenvalue weighted by atomic mass is 16.1. The first-order valence-electron chi connectivity index (χ1n) is 7.16. The lowest BCUT2D eigenvalue weighted by atomic mass is 10.00. The van der Waals surface area contributed by atoms with Gasteiger partial charge in [0, 0.05) is 12.0 Å². The minimum absolute atomic E-state index is 0.172. The number of benzene rings is 1. The van der Waals surface area contributed by atoms with Crippen LogP contribution in [0.1, 0.15) is 38.2 Å². The van der Waals surface area contributed by atoms with E-state index in [1.54, 1.807) is 0 Å². The van der Waals surface area contributed by atoms with E-state index in [0.717, 1.165) is 30.5 Å². The fourth-order valence-corrected chi connectivity index (χ4v) is 3.31. The van der Waals surface area contributed by atoms with Crippen LogP contribution in [-0.4, -0.2) is 29.9 Å².